The molecule has 0 spiro atoms. The lowest BCUT2D eigenvalue weighted by atomic mass is 9.99. The third kappa shape index (κ3) is 3.51. The first-order valence-corrected chi connectivity index (χ1v) is 9.65. The second-order valence-electron chi connectivity index (χ2n) is 5.21. The predicted octanol–water partition coefficient (Wildman–Crippen LogP) is 4.58. The zero-order valence-electron chi connectivity index (χ0n) is 12.4. The van der Waals surface area contributed by atoms with Crippen molar-refractivity contribution in [3.63, 3.8) is 0 Å². The van der Waals surface area contributed by atoms with Gasteiger partial charge in [-0.25, -0.2) is 8.42 Å². The molecule has 3 nitrogen and oxygen atoms in total. The van der Waals surface area contributed by atoms with Gasteiger partial charge in [0.05, 0.1) is 10.6 Å². The van der Waals surface area contributed by atoms with Crippen LogP contribution in [0.25, 0.3) is 22.4 Å². The lowest BCUT2D eigenvalue weighted by Crippen LogP contribution is -1.96. The van der Waals surface area contributed by atoms with Gasteiger partial charge in [-0.1, -0.05) is 42.5 Å². The summed E-state index contributed by atoms with van der Waals surface area (Å²) in [5, 5.41) is 0. The molecule has 0 radical (unpaired) electrons. The summed E-state index contributed by atoms with van der Waals surface area (Å²) in [6, 6.07) is 18.8. The van der Waals surface area contributed by atoms with Gasteiger partial charge in [-0.2, -0.15) is 0 Å². The molecule has 0 bridgehead atoms. The summed E-state index contributed by atoms with van der Waals surface area (Å²) in [6.45, 7) is 0. The smallest absolute Gasteiger partial charge is 0.175 e. The molecule has 0 N–H and O–H groups in total. The topological polar surface area (TPSA) is 47.0 Å². The molecule has 1 heterocycles. The van der Waals surface area contributed by atoms with Gasteiger partial charge >= 0.3 is 0 Å². The maximum Gasteiger partial charge on any atom is 0.175 e. The Morgan fingerprint density at radius 1 is 0.913 bits per heavy atom. The molecular weight excluding hydrogens is 374 g/mol. The predicted molar refractivity (Wildman–Crippen MR) is 95.9 cm³/mol. The quantitative estimate of drug-likeness (QED) is 0.660. The van der Waals surface area contributed by atoms with Crippen LogP contribution in [0.1, 0.15) is 0 Å². The van der Waals surface area contributed by atoms with Gasteiger partial charge in [-0.3, -0.25) is 4.98 Å². The summed E-state index contributed by atoms with van der Waals surface area (Å²) >= 11 is 3.45. The van der Waals surface area contributed by atoms with Crippen molar-refractivity contribution in [1.82, 2.24) is 4.98 Å². The number of benzene rings is 2. The Labute approximate surface area is 144 Å². The van der Waals surface area contributed by atoms with Gasteiger partial charge in [-0.15, -0.1) is 0 Å². The number of hydrogen-bond acceptors (Lipinski definition) is 3. The van der Waals surface area contributed by atoms with E-state index in [1.165, 1.54) is 6.26 Å². The molecule has 3 aromatic rings. The molecule has 5 heteroatoms. The number of aromatic nitrogens is 1. The van der Waals surface area contributed by atoms with Gasteiger partial charge in [0.2, 0.25) is 0 Å². The van der Waals surface area contributed by atoms with E-state index in [4.69, 9.17) is 0 Å². The molecular formula is C18H14BrNO2S. The minimum absolute atomic E-state index is 0.311. The van der Waals surface area contributed by atoms with Crippen molar-refractivity contribution < 1.29 is 8.42 Å². The fourth-order valence-electron chi connectivity index (χ4n) is 2.37. The zero-order chi connectivity index (χ0) is 16.4. The number of rotatable bonds is 3. The van der Waals surface area contributed by atoms with Crippen LogP contribution < -0.4 is 0 Å². The van der Waals surface area contributed by atoms with Crippen molar-refractivity contribution in [2.24, 2.45) is 0 Å². The average molecular weight is 388 g/mol. The van der Waals surface area contributed by atoms with E-state index in [0.717, 1.165) is 26.9 Å². The van der Waals surface area contributed by atoms with Crippen molar-refractivity contribution in [3.8, 4) is 22.4 Å². The Bertz CT molecular complexity index is 937. The second kappa shape index (κ2) is 6.26. The summed E-state index contributed by atoms with van der Waals surface area (Å²) < 4.78 is 24.1. The molecule has 0 saturated carbocycles. The van der Waals surface area contributed by atoms with Gasteiger partial charge < -0.3 is 0 Å². The van der Waals surface area contributed by atoms with E-state index in [1.54, 1.807) is 18.3 Å². The first kappa shape index (κ1) is 15.9. The van der Waals surface area contributed by atoms with Crippen LogP contribution in [0.15, 0.2) is 76.2 Å². The summed E-state index contributed by atoms with van der Waals surface area (Å²) in [5.74, 6) is 0. The van der Waals surface area contributed by atoms with Crippen LogP contribution >= 0.6 is 15.9 Å². The molecule has 0 fully saturated rings. The molecule has 0 atom stereocenters. The maximum absolute atomic E-state index is 11.6. The summed E-state index contributed by atoms with van der Waals surface area (Å²) in [4.78, 5) is 4.84. The van der Waals surface area contributed by atoms with E-state index < -0.39 is 9.84 Å². The van der Waals surface area contributed by atoms with E-state index in [1.807, 2.05) is 48.5 Å². The number of sulfone groups is 1. The van der Waals surface area contributed by atoms with Crippen LogP contribution in [0.4, 0.5) is 0 Å². The Balaban J connectivity index is 2.14. The molecule has 0 aliphatic rings. The molecule has 3 rings (SSSR count). The SMILES string of the molecule is CS(=O)(=O)c1ccc(-c2cc(Br)cnc2-c2ccccc2)cc1. The molecule has 0 amide bonds. The number of pyridine rings is 1. The molecule has 1 aromatic heterocycles. The van der Waals surface area contributed by atoms with Crippen LogP contribution in [0.5, 0.6) is 0 Å². The van der Waals surface area contributed by atoms with Gasteiger partial charge in [0, 0.05) is 28.1 Å². The molecule has 0 aliphatic heterocycles. The highest BCUT2D eigenvalue weighted by atomic mass is 79.9. The van der Waals surface area contributed by atoms with Gasteiger partial charge in [-0.05, 0) is 39.7 Å². The van der Waals surface area contributed by atoms with E-state index in [-0.39, 0.29) is 0 Å². The summed E-state index contributed by atoms with van der Waals surface area (Å²) in [5.41, 5.74) is 3.75. The molecule has 23 heavy (non-hydrogen) atoms. The van der Waals surface area contributed by atoms with Crippen molar-refractivity contribution in [1.29, 1.82) is 0 Å². The maximum atomic E-state index is 11.6. The van der Waals surface area contributed by atoms with Crippen molar-refractivity contribution in [3.05, 3.63) is 71.3 Å². The highest BCUT2D eigenvalue weighted by molar-refractivity contribution is 9.10. The van der Waals surface area contributed by atoms with Crippen molar-refractivity contribution >= 4 is 25.8 Å². The molecule has 116 valence electrons. The fraction of sp³-hybridized carbons (Fsp3) is 0.0556. The van der Waals surface area contributed by atoms with Gasteiger partial charge in [0.1, 0.15) is 0 Å². The van der Waals surface area contributed by atoms with E-state index >= 15 is 0 Å². The largest absolute Gasteiger partial charge is 0.254 e. The van der Waals surface area contributed by atoms with Crippen LogP contribution in [-0.4, -0.2) is 19.7 Å². The van der Waals surface area contributed by atoms with Crippen LogP contribution in [0.3, 0.4) is 0 Å². The number of nitrogens with zero attached hydrogens (tertiary/aromatic N) is 1. The Morgan fingerprint density at radius 2 is 1.57 bits per heavy atom. The van der Waals surface area contributed by atoms with Crippen molar-refractivity contribution in [2.45, 2.75) is 4.90 Å². The lowest BCUT2D eigenvalue weighted by Gasteiger charge is -2.10. The minimum Gasteiger partial charge on any atom is -0.254 e. The molecule has 2 aromatic carbocycles. The molecule has 0 unspecified atom stereocenters. The van der Waals surface area contributed by atoms with Crippen LogP contribution in [0, 0.1) is 0 Å². The zero-order valence-corrected chi connectivity index (χ0v) is 14.8. The van der Waals surface area contributed by atoms with E-state index in [9.17, 15) is 8.42 Å². The fourth-order valence-corrected chi connectivity index (χ4v) is 3.33. The second-order valence-corrected chi connectivity index (χ2v) is 8.14. The monoisotopic (exact) mass is 387 g/mol. The third-order valence-electron chi connectivity index (χ3n) is 3.50. The normalized spacial score (nSPS) is 11.4. The number of hydrogen-bond donors (Lipinski definition) is 0. The summed E-state index contributed by atoms with van der Waals surface area (Å²) in [6.07, 6.45) is 2.97. The van der Waals surface area contributed by atoms with Crippen LogP contribution in [0.2, 0.25) is 0 Å². The van der Waals surface area contributed by atoms with Gasteiger partial charge in [0.25, 0.3) is 0 Å². The van der Waals surface area contributed by atoms with Crippen molar-refractivity contribution in [2.75, 3.05) is 6.26 Å². The highest BCUT2D eigenvalue weighted by Gasteiger charge is 2.12. The Morgan fingerprint density at radius 3 is 2.17 bits per heavy atom. The highest BCUT2D eigenvalue weighted by Crippen LogP contribution is 2.32. The molecule has 0 saturated heterocycles. The van der Waals surface area contributed by atoms with E-state index in [2.05, 4.69) is 20.9 Å². The first-order valence-electron chi connectivity index (χ1n) is 6.96. The summed E-state index contributed by atoms with van der Waals surface area (Å²) in [7, 11) is -3.20. The van der Waals surface area contributed by atoms with E-state index in [0.29, 0.717) is 4.90 Å². The third-order valence-corrected chi connectivity index (χ3v) is 5.06. The Hall–Kier alpha value is -1.98. The number of halogens is 1. The standard InChI is InChI=1S/C18H14BrNO2S/c1-23(21,22)16-9-7-13(8-10-16)17-11-15(19)12-20-18(17)14-5-3-2-4-6-14/h2-12H,1H3. The van der Waals surface area contributed by atoms with Crippen LogP contribution in [-0.2, 0) is 9.84 Å². The molecule has 0 aliphatic carbocycles. The Kier molecular flexibility index (Phi) is 4.33. The first-order chi connectivity index (χ1) is 10.9. The lowest BCUT2D eigenvalue weighted by molar-refractivity contribution is 0.602. The van der Waals surface area contributed by atoms with Gasteiger partial charge in [0.15, 0.2) is 9.84 Å². The average Bonchev–Trinajstić information content (AvgIpc) is 2.55. The minimum atomic E-state index is -3.20.